The molecule has 0 saturated heterocycles. The molecule has 234 valence electrons. The quantitative estimate of drug-likeness (QED) is 0.0543. The Morgan fingerprint density at radius 2 is 1.12 bits per heavy atom. The van der Waals surface area contributed by atoms with Gasteiger partial charge in [-0.15, -0.1) is 0 Å². The minimum absolute atomic E-state index is 0.00366. The Morgan fingerprint density at radius 3 is 1.60 bits per heavy atom. The molecule has 0 radical (unpaired) electrons. The number of nitrogens with one attached hydrogen (secondary N) is 1. The molecule has 0 aliphatic carbocycles. The highest BCUT2D eigenvalue weighted by atomic mass is 16.3. The Kier molecular flexibility index (Phi) is 29.4. The fraction of sp³-hybridized carbons (Fsp3) is 0.800. The summed E-state index contributed by atoms with van der Waals surface area (Å²) in [7, 11) is 0. The molecule has 0 rings (SSSR count). The fourth-order valence-electron chi connectivity index (χ4n) is 4.91. The number of carbonyl (C=O) groups is 1. The average Bonchev–Trinajstić information content (AvgIpc) is 2.94. The van der Waals surface area contributed by atoms with Gasteiger partial charge in [0, 0.05) is 0 Å². The van der Waals surface area contributed by atoms with Crippen LogP contribution in [0.1, 0.15) is 155 Å². The van der Waals surface area contributed by atoms with Gasteiger partial charge in [-0.2, -0.15) is 0 Å². The predicted octanol–water partition coefficient (Wildman–Crippen LogP) is 8.48. The second kappa shape index (κ2) is 30.5. The van der Waals surface area contributed by atoms with Crippen LogP contribution in [0.5, 0.6) is 0 Å². The Bertz CT molecular complexity index is 631. The summed E-state index contributed by atoms with van der Waals surface area (Å²) in [4.78, 5) is 12.3. The molecule has 1 amide bonds. The standard InChI is InChI=1S/C35H65NO4/c1-3-5-7-9-11-13-14-15-16-17-18-19-21-22-24-26-28-32(38)30-35(40)36-33(31-37)34(39)29-27-25-23-20-12-10-8-6-4-2/h4,6,12,20,27,29,32-34,37-39H,3,5,7-11,13-19,21-26,28,30-31H2,1-2H3,(H,36,40)/b6-4+,20-12+,29-27+. The third kappa shape index (κ3) is 26.8. The van der Waals surface area contributed by atoms with E-state index in [1.165, 1.54) is 89.9 Å². The van der Waals surface area contributed by atoms with Crippen LogP contribution >= 0.6 is 0 Å². The molecule has 4 N–H and O–H groups in total. The lowest BCUT2D eigenvalue weighted by Crippen LogP contribution is -2.45. The Hall–Kier alpha value is -1.43. The third-order valence-electron chi connectivity index (χ3n) is 7.50. The third-order valence-corrected chi connectivity index (χ3v) is 7.50. The van der Waals surface area contributed by atoms with Crippen LogP contribution in [0.3, 0.4) is 0 Å². The number of hydrogen-bond acceptors (Lipinski definition) is 4. The van der Waals surface area contributed by atoms with E-state index in [1.54, 1.807) is 6.08 Å². The van der Waals surface area contributed by atoms with E-state index in [1.807, 2.05) is 13.0 Å². The van der Waals surface area contributed by atoms with Crippen LogP contribution in [0.15, 0.2) is 36.5 Å². The predicted molar refractivity (Wildman–Crippen MR) is 171 cm³/mol. The van der Waals surface area contributed by atoms with E-state index in [4.69, 9.17) is 0 Å². The maximum absolute atomic E-state index is 12.3. The lowest BCUT2D eigenvalue weighted by atomic mass is 10.0. The molecule has 0 heterocycles. The van der Waals surface area contributed by atoms with E-state index in [0.717, 1.165) is 38.5 Å². The average molecular weight is 564 g/mol. The summed E-state index contributed by atoms with van der Waals surface area (Å²) in [6, 6.07) is -0.761. The first-order valence-corrected chi connectivity index (χ1v) is 16.7. The summed E-state index contributed by atoms with van der Waals surface area (Å²) in [5, 5.41) is 32.8. The molecule has 0 bridgehead atoms. The maximum atomic E-state index is 12.3. The lowest BCUT2D eigenvalue weighted by molar-refractivity contribution is -0.124. The van der Waals surface area contributed by atoms with Gasteiger partial charge >= 0.3 is 0 Å². The van der Waals surface area contributed by atoms with E-state index in [0.29, 0.717) is 6.42 Å². The summed E-state index contributed by atoms with van der Waals surface area (Å²) in [5.74, 6) is -0.334. The van der Waals surface area contributed by atoms with Crippen LogP contribution in [-0.4, -0.2) is 46.1 Å². The number of aliphatic hydroxyl groups excluding tert-OH is 3. The maximum Gasteiger partial charge on any atom is 0.222 e. The van der Waals surface area contributed by atoms with E-state index in [9.17, 15) is 20.1 Å². The van der Waals surface area contributed by atoms with Crippen molar-refractivity contribution >= 4 is 5.91 Å². The molecule has 0 aromatic rings. The number of aliphatic hydroxyl groups is 3. The highest BCUT2D eigenvalue weighted by Gasteiger charge is 2.20. The zero-order valence-electron chi connectivity index (χ0n) is 26.2. The van der Waals surface area contributed by atoms with Gasteiger partial charge in [-0.3, -0.25) is 4.79 Å². The monoisotopic (exact) mass is 563 g/mol. The molecule has 0 aromatic heterocycles. The van der Waals surface area contributed by atoms with Gasteiger partial charge < -0.3 is 20.6 Å². The summed E-state index contributed by atoms with van der Waals surface area (Å²) >= 11 is 0. The van der Waals surface area contributed by atoms with Gasteiger partial charge in [0.25, 0.3) is 0 Å². The lowest BCUT2D eigenvalue weighted by Gasteiger charge is -2.21. The highest BCUT2D eigenvalue weighted by Crippen LogP contribution is 2.15. The van der Waals surface area contributed by atoms with Crippen molar-refractivity contribution in [1.82, 2.24) is 5.32 Å². The molecule has 0 saturated carbocycles. The largest absolute Gasteiger partial charge is 0.394 e. The normalized spacial score (nSPS) is 14.4. The molecule has 0 aliphatic heterocycles. The molecule has 0 aromatic carbocycles. The Morgan fingerprint density at radius 1 is 0.675 bits per heavy atom. The van der Waals surface area contributed by atoms with E-state index >= 15 is 0 Å². The molecule has 5 heteroatoms. The molecule has 40 heavy (non-hydrogen) atoms. The van der Waals surface area contributed by atoms with Crippen molar-refractivity contribution in [3.05, 3.63) is 36.5 Å². The van der Waals surface area contributed by atoms with Crippen LogP contribution in [0, 0.1) is 0 Å². The van der Waals surface area contributed by atoms with Crippen LogP contribution in [-0.2, 0) is 4.79 Å². The molecule has 5 nitrogen and oxygen atoms in total. The summed E-state index contributed by atoms with van der Waals surface area (Å²) in [5.41, 5.74) is 0. The van der Waals surface area contributed by atoms with Crippen molar-refractivity contribution in [2.24, 2.45) is 0 Å². The second-order valence-electron chi connectivity index (χ2n) is 11.4. The van der Waals surface area contributed by atoms with Gasteiger partial charge in [0.2, 0.25) is 5.91 Å². The van der Waals surface area contributed by atoms with Gasteiger partial charge in [-0.25, -0.2) is 0 Å². The number of carbonyl (C=O) groups excluding carboxylic acids is 1. The molecular weight excluding hydrogens is 498 g/mol. The van der Waals surface area contributed by atoms with Crippen LogP contribution in [0.2, 0.25) is 0 Å². The molecule has 0 spiro atoms. The summed E-state index contributed by atoms with van der Waals surface area (Å²) in [6.45, 7) is 3.94. The first-order valence-electron chi connectivity index (χ1n) is 16.7. The van der Waals surface area contributed by atoms with Crippen LogP contribution < -0.4 is 5.32 Å². The molecule has 3 atom stereocenters. The first kappa shape index (κ1) is 38.6. The van der Waals surface area contributed by atoms with E-state index in [2.05, 4.69) is 36.5 Å². The van der Waals surface area contributed by atoms with Gasteiger partial charge in [-0.1, -0.05) is 146 Å². The summed E-state index contributed by atoms with van der Waals surface area (Å²) < 4.78 is 0. The van der Waals surface area contributed by atoms with Crippen molar-refractivity contribution in [2.75, 3.05) is 6.61 Å². The topological polar surface area (TPSA) is 89.8 Å². The number of hydrogen-bond donors (Lipinski definition) is 4. The van der Waals surface area contributed by atoms with Crippen molar-refractivity contribution < 1.29 is 20.1 Å². The zero-order chi connectivity index (χ0) is 29.5. The summed E-state index contributed by atoms with van der Waals surface area (Å²) in [6.07, 6.45) is 35.7. The number of rotatable bonds is 29. The molecular formula is C35H65NO4. The highest BCUT2D eigenvalue weighted by molar-refractivity contribution is 5.76. The fourth-order valence-corrected chi connectivity index (χ4v) is 4.91. The SMILES string of the molecule is C/C=C/CC/C=C/CC/C=C/C(O)C(CO)NC(=O)CC(O)CCCCCCCCCCCCCCCCCC. The van der Waals surface area contributed by atoms with Gasteiger partial charge in [-0.05, 0) is 39.0 Å². The van der Waals surface area contributed by atoms with Crippen molar-refractivity contribution in [1.29, 1.82) is 0 Å². The van der Waals surface area contributed by atoms with E-state index in [-0.39, 0.29) is 18.9 Å². The molecule has 3 unspecified atom stereocenters. The Balaban J connectivity index is 3.74. The molecule has 0 aliphatic rings. The number of amides is 1. The van der Waals surface area contributed by atoms with E-state index < -0.39 is 18.2 Å². The van der Waals surface area contributed by atoms with Crippen LogP contribution in [0.25, 0.3) is 0 Å². The number of unbranched alkanes of at least 4 members (excludes halogenated alkanes) is 17. The minimum Gasteiger partial charge on any atom is -0.394 e. The van der Waals surface area contributed by atoms with Gasteiger partial charge in [0.15, 0.2) is 0 Å². The van der Waals surface area contributed by atoms with Crippen molar-refractivity contribution in [2.45, 2.75) is 173 Å². The zero-order valence-corrected chi connectivity index (χ0v) is 26.2. The first-order chi connectivity index (χ1) is 19.5. The minimum atomic E-state index is -0.954. The van der Waals surface area contributed by atoms with Gasteiger partial charge in [0.1, 0.15) is 0 Å². The van der Waals surface area contributed by atoms with Crippen LogP contribution in [0.4, 0.5) is 0 Å². The Labute approximate surface area is 247 Å². The molecule has 0 fully saturated rings. The van der Waals surface area contributed by atoms with Crippen molar-refractivity contribution in [3.63, 3.8) is 0 Å². The second-order valence-corrected chi connectivity index (χ2v) is 11.4. The van der Waals surface area contributed by atoms with Gasteiger partial charge in [0.05, 0.1) is 31.3 Å². The number of allylic oxidation sites excluding steroid dienone is 5. The van der Waals surface area contributed by atoms with Crippen molar-refractivity contribution in [3.8, 4) is 0 Å². The smallest absolute Gasteiger partial charge is 0.222 e.